The zero-order chi connectivity index (χ0) is 31.5. The Bertz CT molecular complexity index is 1330. The predicted octanol–water partition coefficient (Wildman–Crippen LogP) is 7.28. The summed E-state index contributed by atoms with van der Waals surface area (Å²) in [6.45, 7) is 11.5. The lowest BCUT2D eigenvalue weighted by atomic mass is 9.85. The third kappa shape index (κ3) is 10.8. The summed E-state index contributed by atoms with van der Waals surface area (Å²) in [5.74, 6) is 0.388. The number of carbonyl (C=O) groups excluding carboxylic acids is 3. The van der Waals surface area contributed by atoms with E-state index in [4.69, 9.17) is 18.9 Å². The highest BCUT2D eigenvalue weighted by Crippen LogP contribution is 2.29. The van der Waals surface area contributed by atoms with Crippen molar-refractivity contribution in [2.45, 2.75) is 84.5 Å². The molecule has 1 atom stereocenters. The predicted molar refractivity (Wildman–Crippen MR) is 165 cm³/mol. The van der Waals surface area contributed by atoms with Gasteiger partial charge in [-0.05, 0) is 82.0 Å². The van der Waals surface area contributed by atoms with E-state index in [0.717, 1.165) is 29.5 Å². The van der Waals surface area contributed by atoms with Crippen LogP contribution in [0.4, 0.5) is 4.79 Å². The number of hydrogen-bond donors (Lipinski definition) is 1. The van der Waals surface area contributed by atoms with E-state index in [9.17, 15) is 14.4 Å². The second kappa shape index (κ2) is 15.2. The lowest BCUT2D eigenvalue weighted by Crippen LogP contribution is -2.45. The van der Waals surface area contributed by atoms with Gasteiger partial charge in [-0.3, -0.25) is 4.79 Å². The van der Waals surface area contributed by atoms with Crippen molar-refractivity contribution in [1.82, 2.24) is 5.32 Å². The van der Waals surface area contributed by atoms with Gasteiger partial charge in [-0.25, -0.2) is 9.59 Å². The average Bonchev–Trinajstić information content (AvgIpc) is 2.96. The normalized spacial score (nSPS) is 12.1. The van der Waals surface area contributed by atoms with E-state index in [-0.39, 0.29) is 19.0 Å². The van der Waals surface area contributed by atoms with Gasteiger partial charge in [0.25, 0.3) is 0 Å². The van der Waals surface area contributed by atoms with Crippen molar-refractivity contribution in [1.29, 1.82) is 0 Å². The fourth-order valence-corrected chi connectivity index (χ4v) is 4.08. The molecule has 1 N–H and O–H groups in total. The monoisotopic (exact) mass is 589 g/mol. The molecule has 0 radical (unpaired) electrons. The van der Waals surface area contributed by atoms with Gasteiger partial charge >= 0.3 is 18.0 Å². The SMILES string of the molecule is CCCCOC(=O)C(C)(C)c1ccc(Oc2ccc(CC(NC(=O)OC(C)(C)C)C(=O)OCc3ccccc3)cc2)cc1. The Morgan fingerprint density at radius 2 is 1.37 bits per heavy atom. The lowest BCUT2D eigenvalue weighted by Gasteiger charge is -2.23. The average molecular weight is 590 g/mol. The third-order valence-corrected chi connectivity index (χ3v) is 6.62. The molecule has 0 aliphatic carbocycles. The topological polar surface area (TPSA) is 100 Å². The molecule has 8 nitrogen and oxygen atoms in total. The highest BCUT2D eigenvalue weighted by molar-refractivity contribution is 5.82. The Kier molecular flexibility index (Phi) is 11.8. The first-order chi connectivity index (χ1) is 20.4. The maximum atomic E-state index is 13.0. The van der Waals surface area contributed by atoms with Crippen LogP contribution in [-0.2, 0) is 42.2 Å². The first kappa shape index (κ1) is 33.2. The van der Waals surface area contributed by atoms with Crippen LogP contribution in [0.2, 0.25) is 0 Å². The standard InChI is InChI=1S/C35H43NO7/c1-7-8-22-40-32(38)35(5,6)27-16-20-29(21-17-27)42-28-18-14-25(15-19-28)23-30(36-33(39)43-34(2,3)4)31(37)41-24-26-12-10-9-11-13-26/h9-21,30H,7-8,22-24H2,1-6H3,(H,36,39). The highest BCUT2D eigenvalue weighted by Gasteiger charge is 2.31. The summed E-state index contributed by atoms with van der Waals surface area (Å²) >= 11 is 0. The maximum absolute atomic E-state index is 13.0. The van der Waals surface area contributed by atoms with Gasteiger partial charge in [0.15, 0.2) is 0 Å². The fraction of sp³-hybridized carbons (Fsp3) is 0.400. The molecule has 0 bridgehead atoms. The van der Waals surface area contributed by atoms with E-state index in [1.165, 1.54) is 0 Å². The molecule has 0 saturated carbocycles. The van der Waals surface area contributed by atoms with E-state index in [1.807, 2.05) is 80.6 Å². The van der Waals surface area contributed by atoms with Crippen molar-refractivity contribution in [3.05, 3.63) is 95.6 Å². The minimum atomic E-state index is -0.949. The molecule has 0 fully saturated rings. The Morgan fingerprint density at radius 3 is 1.95 bits per heavy atom. The molecule has 0 aromatic heterocycles. The minimum Gasteiger partial charge on any atom is -0.465 e. The van der Waals surface area contributed by atoms with E-state index in [0.29, 0.717) is 18.1 Å². The van der Waals surface area contributed by atoms with E-state index < -0.39 is 29.1 Å². The molecule has 1 amide bonds. The highest BCUT2D eigenvalue weighted by atomic mass is 16.6. The number of unbranched alkanes of at least 4 members (excludes halogenated alkanes) is 1. The molecule has 230 valence electrons. The van der Waals surface area contributed by atoms with E-state index in [1.54, 1.807) is 32.9 Å². The van der Waals surface area contributed by atoms with Gasteiger partial charge < -0.3 is 24.3 Å². The molecular weight excluding hydrogens is 546 g/mol. The largest absolute Gasteiger partial charge is 0.465 e. The van der Waals surface area contributed by atoms with Gasteiger partial charge in [0.05, 0.1) is 12.0 Å². The third-order valence-electron chi connectivity index (χ3n) is 6.62. The second-order valence-corrected chi connectivity index (χ2v) is 11.9. The van der Waals surface area contributed by atoms with Crippen LogP contribution < -0.4 is 10.1 Å². The summed E-state index contributed by atoms with van der Waals surface area (Å²) in [5.41, 5.74) is 0.980. The van der Waals surface area contributed by atoms with Crippen LogP contribution >= 0.6 is 0 Å². The second-order valence-electron chi connectivity index (χ2n) is 11.9. The van der Waals surface area contributed by atoms with Crippen LogP contribution in [0.3, 0.4) is 0 Å². The minimum absolute atomic E-state index is 0.0922. The molecule has 0 spiro atoms. The Hall–Kier alpha value is -4.33. The van der Waals surface area contributed by atoms with Gasteiger partial charge in [-0.1, -0.05) is 67.9 Å². The molecule has 3 aromatic rings. The number of alkyl carbamates (subject to hydrolysis) is 1. The van der Waals surface area contributed by atoms with Crippen LogP contribution in [-0.4, -0.2) is 36.3 Å². The Balaban J connectivity index is 1.64. The zero-order valence-electron chi connectivity index (χ0n) is 26.0. The number of esters is 2. The summed E-state index contributed by atoms with van der Waals surface area (Å²) in [6.07, 6.45) is 1.30. The van der Waals surface area contributed by atoms with Crippen LogP contribution in [0.5, 0.6) is 11.5 Å². The number of carbonyl (C=O) groups is 3. The van der Waals surface area contributed by atoms with Gasteiger partial charge in [0.1, 0.15) is 29.7 Å². The van der Waals surface area contributed by atoms with Crippen LogP contribution in [0.15, 0.2) is 78.9 Å². The molecular formula is C35H43NO7. The molecule has 0 aliphatic rings. The number of benzene rings is 3. The van der Waals surface area contributed by atoms with Crippen molar-refractivity contribution < 1.29 is 33.3 Å². The Labute approximate surface area is 254 Å². The lowest BCUT2D eigenvalue weighted by molar-refractivity contribution is -0.149. The van der Waals surface area contributed by atoms with Crippen molar-refractivity contribution in [2.75, 3.05) is 6.61 Å². The summed E-state index contributed by atoms with van der Waals surface area (Å²) in [5, 5.41) is 2.65. The molecule has 0 aliphatic heterocycles. The first-order valence-corrected chi connectivity index (χ1v) is 14.6. The maximum Gasteiger partial charge on any atom is 0.408 e. The van der Waals surface area contributed by atoms with Crippen molar-refractivity contribution in [3.63, 3.8) is 0 Å². The summed E-state index contributed by atoms with van der Waals surface area (Å²) < 4.78 is 22.3. The van der Waals surface area contributed by atoms with Gasteiger partial charge in [-0.2, -0.15) is 0 Å². The van der Waals surface area contributed by atoms with Crippen LogP contribution in [0, 0.1) is 0 Å². The molecule has 3 aromatic carbocycles. The molecule has 0 heterocycles. The van der Waals surface area contributed by atoms with Crippen molar-refractivity contribution in [3.8, 4) is 11.5 Å². The zero-order valence-corrected chi connectivity index (χ0v) is 26.0. The van der Waals surface area contributed by atoms with Gasteiger partial charge in [0, 0.05) is 6.42 Å². The Morgan fingerprint density at radius 1 is 0.767 bits per heavy atom. The van der Waals surface area contributed by atoms with Crippen molar-refractivity contribution >= 4 is 18.0 Å². The molecule has 0 saturated heterocycles. The summed E-state index contributed by atoms with van der Waals surface area (Å²) in [7, 11) is 0. The smallest absolute Gasteiger partial charge is 0.408 e. The quantitative estimate of drug-likeness (QED) is 0.127. The summed E-state index contributed by atoms with van der Waals surface area (Å²) in [4.78, 5) is 38.1. The van der Waals surface area contributed by atoms with Crippen LogP contribution in [0.1, 0.15) is 71.1 Å². The van der Waals surface area contributed by atoms with Crippen LogP contribution in [0.25, 0.3) is 0 Å². The number of nitrogens with one attached hydrogen (secondary N) is 1. The van der Waals surface area contributed by atoms with E-state index in [2.05, 4.69) is 12.2 Å². The number of rotatable bonds is 13. The number of hydrogen-bond acceptors (Lipinski definition) is 7. The van der Waals surface area contributed by atoms with E-state index >= 15 is 0 Å². The molecule has 1 unspecified atom stereocenters. The number of ether oxygens (including phenoxy) is 4. The van der Waals surface area contributed by atoms with Gasteiger partial charge in [0.2, 0.25) is 0 Å². The molecule has 8 heteroatoms. The summed E-state index contributed by atoms with van der Waals surface area (Å²) in [6, 6.07) is 23.0. The number of amides is 1. The molecule has 43 heavy (non-hydrogen) atoms. The van der Waals surface area contributed by atoms with Crippen molar-refractivity contribution in [2.24, 2.45) is 0 Å². The fourth-order valence-electron chi connectivity index (χ4n) is 4.08. The first-order valence-electron chi connectivity index (χ1n) is 14.6. The van der Waals surface area contributed by atoms with Gasteiger partial charge in [-0.15, -0.1) is 0 Å². The molecule has 3 rings (SSSR count).